The maximum atomic E-state index is 12.1. The van der Waals surface area contributed by atoms with E-state index in [1.54, 1.807) is 19.0 Å². The molecule has 0 unspecified atom stereocenters. The Bertz CT molecular complexity index is 817. The molecule has 0 radical (unpaired) electrons. The number of carbonyl (C=O) groups excluding carboxylic acids is 1. The van der Waals surface area contributed by atoms with Crippen LogP contribution >= 0.6 is 35.3 Å². The molecule has 30 heavy (non-hydrogen) atoms. The van der Waals surface area contributed by atoms with Crippen LogP contribution in [0.25, 0.3) is 0 Å². The lowest BCUT2D eigenvalue weighted by atomic mass is 10.1. The molecule has 1 saturated heterocycles. The van der Waals surface area contributed by atoms with E-state index in [2.05, 4.69) is 44.1 Å². The highest BCUT2D eigenvalue weighted by Crippen LogP contribution is 2.24. The molecule has 1 aromatic carbocycles. The minimum atomic E-state index is 0. The zero-order chi connectivity index (χ0) is 20.6. The van der Waals surface area contributed by atoms with Gasteiger partial charge in [0.05, 0.1) is 5.00 Å². The number of anilines is 1. The first kappa shape index (κ1) is 24.5. The van der Waals surface area contributed by atoms with Gasteiger partial charge in [-0.1, -0.05) is 12.1 Å². The fraction of sp³-hybridized carbons (Fsp3) is 0.455. The van der Waals surface area contributed by atoms with E-state index in [1.807, 2.05) is 36.6 Å². The van der Waals surface area contributed by atoms with Crippen LogP contribution in [-0.2, 0) is 6.42 Å². The Hall–Kier alpha value is -1.81. The minimum absolute atomic E-state index is 0. The second-order valence-electron chi connectivity index (χ2n) is 7.51. The van der Waals surface area contributed by atoms with Gasteiger partial charge in [0, 0.05) is 52.4 Å². The van der Waals surface area contributed by atoms with Crippen molar-refractivity contribution in [3.05, 3.63) is 52.9 Å². The maximum Gasteiger partial charge on any atom is 0.253 e. The van der Waals surface area contributed by atoms with Crippen LogP contribution in [0.2, 0.25) is 0 Å². The van der Waals surface area contributed by atoms with E-state index in [9.17, 15) is 4.79 Å². The van der Waals surface area contributed by atoms with Crippen LogP contribution in [0.3, 0.4) is 0 Å². The largest absolute Gasteiger partial charge is 0.363 e. The maximum absolute atomic E-state index is 12.1. The molecule has 1 aliphatic heterocycles. The van der Waals surface area contributed by atoms with Crippen LogP contribution in [0, 0.1) is 0 Å². The second-order valence-corrected chi connectivity index (χ2v) is 8.43. The first-order chi connectivity index (χ1) is 14.1. The number of guanidine groups is 1. The van der Waals surface area contributed by atoms with Gasteiger partial charge in [-0.3, -0.25) is 9.79 Å². The van der Waals surface area contributed by atoms with Crippen LogP contribution in [0.15, 0.2) is 46.8 Å². The second kappa shape index (κ2) is 12.1. The summed E-state index contributed by atoms with van der Waals surface area (Å²) in [5.74, 6) is 0.881. The zero-order valence-corrected chi connectivity index (χ0v) is 21.1. The standard InChI is InChI=1S/C22H31N5OS.HI/c1-23-22(25-19-10-13-27(14-11-19)20-8-5-15-29-20)24-12-9-17-6-4-7-18(16-17)21(28)26(2)3;/h4-8,15-16,19H,9-14H2,1-3H3,(H2,23,24,25);1H. The molecule has 8 heteroatoms. The van der Waals surface area contributed by atoms with Crippen LogP contribution in [0.5, 0.6) is 0 Å². The average Bonchev–Trinajstić information content (AvgIpc) is 3.28. The van der Waals surface area contributed by atoms with Crippen molar-refractivity contribution in [2.24, 2.45) is 4.99 Å². The van der Waals surface area contributed by atoms with Crippen LogP contribution in [-0.4, -0.2) is 63.6 Å². The molecule has 0 atom stereocenters. The average molecular weight is 542 g/mol. The summed E-state index contributed by atoms with van der Waals surface area (Å²) >= 11 is 1.81. The fourth-order valence-corrected chi connectivity index (χ4v) is 4.31. The molecule has 2 aromatic rings. The van der Waals surface area contributed by atoms with Crippen molar-refractivity contribution < 1.29 is 4.79 Å². The van der Waals surface area contributed by atoms with Gasteiger partial charge in [0.2, 0.25) is 0 Å². The lowest BCUT2D eigenvalue weighted by molar-refractivity contribution is 0.0827. The number of rotatable bonds is 6. The molecule has 1 aliphatic rings. The lowest BCUT2D eigenvalue weighted by Gasteiger charge is -2.33. The summed E-state index contributed by atoms with van der Waals surface area (Å²) in [6, 6.07) is 12.6. The smallest absolute Gasteiger partial charge is 0.253 e. The van der Waals surface area contributed by atoms with Crippen molar-refractivity contribution in [3.8, 4) is 0 Å². The summed E-state index contributed by atoms with van der Waals surface area (Å²) in [4.78, 5) is 20.6. The monoisotopic (exact) mass is 541 g/mol. The predicted octanol–water partition coefficient (Wildman–Crippen LogP) is 3.44. The SMILES string of the molecule is CN=C(NCCc1cccc(C(=O)N(C)C)c1)NC1CCN(c2cccs2)CC1.I. The quantitative estimate of drug-likeness (QED) is 0.334. The van der Waals surface area contributed by atoms with E-state index in [0.29, 0.717) is 6.04 Å². The molecular weight excluding hydrogens is 509 g/mol. The van der Waals surface area contributed by atoms with E-state index in [-0.39, 0.29) is 29.9 Å². The third-order valence-electron chi connectivity index (χ3n) is 5.16. The van der Waals surface area contributed by atoms with E-state index in [1.165, 1.54) is 5.00 Å². The van der Waals surface area contributed by atoms with Gasteiger partial charge >= 0.3 is 0 Å². The first-order valence-electron chi connectivity index (χ1n) is 10.1. The third kappa shape index (κ3) is 6.87. The molecule has 6 nitrogen and oxygen atoms in total. The van der Waals surface area contributed by atoms with E-state index in [0.717, 1.165) is 56.0 Å². The number of nitrogens with one attached hydrogen (secondary N) is 2. The topological polar surface area (TPSA) is 60.0 Å². The zero-order valence-electron chi connectivity index (χ0n) is 17.9. The molecule has 164 valence electrons. The highest BCUT2D eigenvalue weighted by atomic mass is 127. The van der Waals surface area contributed by atoms with Gasteiger partial charge in [-0.05, 0) is 54.5 Å². The molecular formula is C22H32IN5OS. The first-order valence-corrected chi connectivity index (χ1v) is 11.0. The Kier molecular flexibility index (Phi) is 9.90. The van der Waals surface area contributed by atoms with E-state index < -0.39 is 0 Å². The number of carbonyl (C=O) groups is 1. The summed E-state index contributed by atoms with van der Waals surface area (Å²) in [6.07, 6.45) is 3.05. The van der Waals surface area contributed by atoms with Gasteiger partial charge < -0.3 is 20.4 Å². The number of benzene rings is 1. The molecule has 3 rings (SSSR count). The van der Waals surface area contributed by atoms with Gasteiger partial charge in [-0.2, -0.15) is 0 Å². The number of hydrogen-bond acceptors (Lipinski definition) is 4. The summed E-state index contributed by atoms with van der Waals surface area (Å²) in [5.41, 5.74) is 1.87. The highest BCUT2D eigenvalue weighted by Gasteiger charge is 2.20. The molecule has 1 fully saturated rings. The van der Waals surface area contributed by atoms with Crippen molar-refractivity contribution >= 4 is 52.2 Å². The predicted molar refractivity (Wildman–Crippen MR) is 138 cm³/mol. The number of amides is 1. The van der Waals surface area contributed by atoms with E-state index in [4.69, 9.17) is 0 Å². The summed E-state index contributed by atoms with van der Waals surface area (Å²) in [6.45, 7) is 2.91. The van der Waals surface area contributed by atoms with Crippen molar-refractivity contribution in [2.75, 3.05) is 45.7 Å². The Morgan fingerprint density at radius 1 is 1.23 bits per heavy atom. The van der Waals surface area contributed by atoms with Gasteiger partial charge in [0.1, 0.15) is 0 Å². The van der Waals surface area contributed by atoms with Crippen molar-refractivity contribution in [1.29, 1.82) is 0 Å². The number of thiophene rings is 1. The molecule has 0 aliphatic carbocycles. The van der Waals surface area contributed by atoms with Crippen LogP contribution in [0.1, 0.15) is 28.8 Å². The Morgan fingerprint density at radius 2 is 2.00 bits per heavy atom. The van der Waals surface area contributed by atoms with Crippen molar-refractivity contribution in [2.45, 2.75) is 25.3 Å². The molecule has 1 amide bonds. The Balaban J connectivity index is 0.00000320. The van der Waals surface area contributed by atoms with Gasteiger partial charge in [0.15, 0.2) is 5.96 Å². The summed E-state index contributed by atoms with van der Waals surface area (Å²) in [5, 5.41) is 10.5. The van der Waals surface area contributed by atoms with Gasteiger partial charge in [-0.15, -0.1) is 35.3 Å². The number of halogens is 1. The Labute approximate surface area is 200 Å². The molecule has 0 saturated carbocycles. The molecule has 0 bridgehead atoms. The van der Waals surface area contributed by atoms with Gasteiger partial charge in [0.25, 0.3) is 5.91 Å². The van der Waals surface area contributed by atoms with E-state index >= 15 is 0 Å². The summed E-state index contributed by atoms with van der Waals surface area (Å²) < 4.78 is 0. The van der Waals surface area contributed by atoms with Crippen LogP contribution in [0.4, 0.5) is 5.00 Å². The fourth-order valence-electron chi connectivity index (χ4n) is 3.53. The van der Waals surface area contributed by atoms with Crippen molar-refractivity contribution in [3.63, 3.8) is 0 Å². The molecule has 1 aromatic heterocycles. The number of aliphatic imine (C=N–C) groups is 1. The lowest BCUT2D eigenvalue weighted by Crippen LogP contribution is -2.49. The third-order valence-corrected chi connectivity index (χ3v) is 6.09. The minimum Gasteiger partial charge on any atom is -0.363 e. The summed E-state index contributed by atoms with van der Waals surface area (Å²) in [7, 11) is 5.36. The number of hydrogen-bond donors (Lipinski definition) is 2. The van der Waals surface area contributed by atoms with Crippen LogP contribution < -0.4 is 15.5 Å². The number of piperidine rings is 1. The Morgan fingerprint density at radius 3 is 2.63 bits per heavy atom. The molecule has 0 spiro atoms. The number of nitrogens with zero attached hydrogens (tertiary/aromatic N) is 3. The highest BCUT2D eigenvalue weighted by molar-refractivity contribution is 14.0. The molecule has 2 N–H and O–H groups in total. The molecule has 2 heterocycles. The normalized spacial score (nSPS) is 14.8. The van der Waals surface area contributed by atoms with Crippen molar-refractivity contribution in [1.82, 2.24) is 15.5 Å². The van der Waals surface area contributed by atoms with Gasteiger partial charge in [-0.25, -0.2) is 0 Å².